The molecule has 106 valence electrons. The van der Waals surface area contributed by atoms with Crippen molar-refractivity contribution in [1.29, 1.82) is 0 Å². The van der Waals surface area contributed by atoms with Gasteiger partial charge < -0.3 is 15.4 Å². The number of hydrogen-bond donors (Lipinski definition) is 1. The second kappa shape index (κ2) is 7.31. The minimum absolute atomic E-state index is 0. The first kappa shape index (κ1) is 15.7. The smallest absolute Gasteiger partial charge is 0.227 e. The molecule has 1 amide bonds. The summed E-state index contributed by atoms with van der Waals surface area (Å²) in [5, 5.41) is 0. The van der Waals surface area contributed by atoms with Gasteiger partial charge in [-0.05, 0) is 31.6 Å². The molecule has 2 saturated carbocycles. The summed E-state index contributed by atoms with van der Waals surface area (Å²) < 4.78 is 5.54. The molecule has 2 fully saturated rings. The van der Waals surface area contributed by atoms with E-state index in [9.17, 15) is 4.79 Å². The normalized spacial score (nSPS) is 26.8. The number of rotatable bonds is 6. The van der Waals surface area contributed by atoms with E-state index in [4.69, 9.17) is 10.5 Å². The number of carbonyl (C=O) groups excluding carboxylic acids is 1. The Bertz CT molecular complexity index is 272. The summed E-state index contributed by atoms with van der Waals surface area (Å²) in [6, 6.07) is 0.0670. The first-order valence-electron chi connectivity index (χ1n) is 6.77. The number of amides is 1. The Morgan fingerprint density at radius 1 is 1.33 bits per heavy atom. The molecular formula is C13H25ClN2O2. The number of halogens is 1. The summed E-state index contributed by atoms with van der Waals surface area (Å²) in [4.78, 5) is 13.9. The lowest BCUT2D eigenvalue weighted by Gasteiger charge is -2.23. The van der Waals surface area contributed by atoms with Gasteiger partial charge in [0.2, 0.25) is 5.91 Å². The van der Waals surface area contributed by atoms with Gasteiger partial charge in [0.15, 0.2) is 0 Å². The number of ether oxygens (including phenoxy) is 1. The van der Waals surface area contributed by atoms with Crippen LogP contribution in [-0.2, 0) is 9.53 Å². The lowest BCUT2D eigenvalue weighted by molar-refractivity contribution is -0.135. The van der Waals surface area contributed by atoms with E-state index in [0.29, 0.717) is 13.2 Å². The van der Waals surface area contributed by atoms with Gasteiger partial charge in [-0.1, -0.05) is 6.42 Å². The third kappa shape index (κ3) is 4.41. The van der Waals surface area contributed by atoms with Crippen LogP contribution in [0.5, 0.6) is 0 Å². The minimum Gasteiger partial charge on any atom is -0.379 e. The van der Waals surface area contributed by atoms with Gasteiger partial charge in [-0.3, -0.25) is 4.79 Å². The highest BCUT2D eigenvalue weighted by atomic mass is 35.5. The van der Waals surface area contributed by atoms with Crippen LogP contribution in [0.25, 0.3) is 0 Å². The lowest BCUT2D eigenvalue weighted by Crippen LogP contribution is -2.41. The highest BCUT2D eigenvalue weighted by molar-refractivity contribution is 5.85. The van der Waals surface area contributed by atoms with Crippen LogP contribution in [0, 0.1) is 11.8 Å². The quantitative estimate of drug-likeness (QED) is 0.747. The van der Waals surface area contributed by atoms with Crippen LogP contribution in [0.1, 0.15) is 32.1 Å². The van der Waals surface area contributed by atoms with Gasteiger partial charge in [-0.25, -0.2) is 0 Å². The predicted molar refractivity (Wildman–Crippen MR) is 73.7 cm³/mol. The van der Waals surface area contributed by atoms with E-state index in [1.807, 2.05) is 7.05 Å². The van der Waals surface area contributed by atoms with Crippen molar-refractivity contribution in [3.05, 3.63) is 0 Å². The van der Waals surface area contributed by atoms with E-state index in [2.05, 4.69) is 0 Å². The van der Waals surface area contributed by atoms with Crippen LogP contribution in [0.2, 0.25) is 0 Å². The van der Waals surface area contributed by atoms with Crippen LogP contribution < -0.4 is 5.73 Å². The molecule has 0 aromatic heterocycles. The Kier molecular flexibility index (Phi) is 6.39. The zero-order valence-corrected chi connectivity index (χ0v) is 12.0. The molecule has 0 radical (unpaired) electrons. The van der Waals surface area contributed by atoms with E-state index >= 15 is 0 Å². The van der Waals surface area contributed by atoms with Crippen molar-refractivity contribution in [3.63, 3.8) is 0 Å². The molecule has 0 saturated heterocycles. The molecule has 0 spiro atoms. The third-order valence-corrected chi connectivity index (χ3v) is 3.88. The highest BCUT2D eigenvalue weighted by Gasteiger charge is 2.32. The van der Waals surface area contributed by atoms with Crippen molar-refractivity contribution in [2.75, 3.05) is 26.8 Å². The lowest BCUT2D eigenvalue weighted by atomic mass is 10.0. The van der Waals surface area contributed by atoms with Crippen molar-refractivity contribution in [2.45, 2.75) is 38.1 Å². The fourth-order valence-electron chi connectivity index (χ4n) is 2.42. The summed E-state index contributed by atoms with van der Waals surface area (Å²) in [6.45, 7) is 2.21. The highest BCUT2D eigenvalue weighted by Crippen LogP contribution is 2.28. The van der Waals surface area contributed by atoms with Crippen LogP contribution in [-0.4, -0.2) is 43.7 Å². The molecule has 2 unspecified atom stereocenters. The number of nitrogens with two attached hydrogens (primary N) is 1. The Morgan fingerprint density at radius 3 is 2.61 bits per heavy atom. The molecule has 2 rings (SSSR count). The monoisotopic (exact) mass is 276 g/mol. The molecule has 0 heterocycles. The Balaban J connectivity index is 0.00000162. The number of nitrogens with zero attached hydrogens (tertiary/aromatic N) is 1. The summed E-state index contributed by atoms with van der Waals surface area (Å²) in [5.74, 6) is 1.03. The van der Waals surface area contributed by atoms with Crippen molar-refractivity contribution >= 4 is 18.3 Å². The maximum Gasteiger partial charge on any atom is 0.227 e. The van der Waals surface area contributed by atoms with E-state index < -0.39 is 0 Å². The van der Waals surface area contributed by atoms with Crippen molar-refractivity contribution < 1.29 is 9.53 Å². The summed E-state index contributed by atoms with van der Waals surface area (Å²) in [6.07, 6.45) is 5.65. The number of hydrogen-bond acceptors (Lipinski definition) is 3. The van der Waals surface area contributed by atoms with Crippen LogP contribution in [0.15, 0.2) is 0 Å². The molecule has 0 aliphatic heterocycles. The van der Waals surface area contributed by atoms with E-state index in [1.165, 1.54) is 12.8 Å². The molecule has 4 nitrogen and oxygen atoms in total. The second-order valence-corrected chi connectivity index (χ2v) is 5.48. The van der Waals surface area contributed by atoms with Gasteiger partial charge in [0.05, 0.1) is 12.5 Å². The molecular weight excluding hydrogens is 252 g/mol. The van der Waals surface area contributed by atoms with E-state index in [-0.39, 0.29) is 30.3 Å². The third-order valence-electron chi connectivity index (χ3n) is 3.88. The van der Waals surface area contributed by atoms with Gasteiger partial charge in [0.25, 0.3) is 0 Å². The topological polar surface area (TPSA) is 55.6 Å². The summed E-state index contributed by atoms with van der Waals surface area (Å²) in [5.41, 5.74) is 5.94. The van der Waals surface area contributed by atoms with Gasteiger partial charge in [0.1, 0.15) is 0 Å². The standard InChI is InChI=1S/C13H24N2O2.ClH/c1-15(7-8-17-9-10-5-6-10)13(16)11-3-2-4-12(11)14;/h10-12H,2-9,14H2,1H3;1H. The van der Waals surface area contributed by atoms with E-state index in [0.717, 1.165) is 31.8 Å². The molecule has 0 aromatic rings. The second-order valence-electron chi connectivity index (χ2n) is 5.48. The zero-order valence-electron chi connectivity index (χ0n) is 11.1. The first-order valence-corrected chi connectivity index (χ1v) is 6.77. The first-order chi connectivity index (χ1) is 8.18. The summed E-state index contributed by atoms with van der Waals surface area (Å²) >= 11 is 0. The Morgan fingerprint density at radius 2 is 2.06 bits per heavy atom. The molecule has 0 bridgehead atoms. The maximum absolute atomic E-state index is 12.1. The molecule has 2 N–H and O–H groups in total. The molecule has 0 aromatic carbocycles. The Labute approximate surface area is 116 Å². The molecule has 2 aliphatic carbocycles. The van der Waals surface area contributed by atoms with Gasteiger partial charge in [-0.2, -0.15) is 0 Å². The van der Waals surface area contributed by atoms with Crippen LogP contribution in [0.4, 0.5) is 0 Å². The minimum atomic E-state index is 0. The van der Waals surface area contributed by atoms with Crippen LogP contribution in [0.3, 0.4) is 0 Å². The van der Waals surface area contributed by atoms with Crippen molar-refractivity contribution in [2.24, 2.45) is 17.6 Å². The molecule has 2 atom stereocenters. The Hall–Kier alpha value is -0.320. The fourth-order valence-corrected chi connectivity index (χ4v) is 2.42. The number of likely N-dealkylation sites (N-methyl/N-ethyl adjacent to an activating group) is 1. The largest absolute Gasteiger partial charge is 0.379 e. The van der Waals surface area contributed by atoms with Gasteiger partial charge in [0, 0.05) is 26.2 Å². The van der Waals surface area contributed by atoms with E-state index in [1.54, 1.807) is 4.90 Å². The average molecular weight is 277 g/mol. The average Bonchev–Trinajstić information content (AvgIpc) is 3.04. The molecule has 18 heavy (non-hydrogen) atoms. The van der Waals surface area contributed by atoms with Gasteiger partial charge in [-0.15, -0.1) is 12.4 Å². The fraction of sp³-hybridized carbons (Fsp3) is 0.923. The van der Waals surface area contributed by atoms with Crippen molar-refractivity contribution in [1.82, 2.24) is 4.90 Å². The molecule has 5 heteroatoms. The summed E-state index contributed by atoms with van der Waals surface area (Å²) in [7, 11) is 1.86. The maximum atomic E-state index is 12.1. The molecule has 2 aliphatic rings. The van der Waals surface area contributed by atoms with Crippen molar-refractivity contribution in [3.8, 4) is 0 Å². The van der Waals surface area contributed by atoms with Gasteiger partial charge >= 0.3 is 0 Å². The predicted octanol–water partition coefficient (Wildman–Crippen LogP) is 1.42. The van der Waals surface area contributed by atoms with Crippen LogP contribution >= 0.6 is 12.4 Å². The SMILES string of the molecule is CN(CCOCC1CC1)C(=O)C1CCCC1N.Cl. The number of carbonyl (C=O) groups is 1. The zero-order chi connectivity index (χ0) is 12.3.